The van der Waals surface area contributed by atoms with Crippen molar-refractivity contribution in [1.82, 2.24) is 0 Å². The van der Waals surface area contributed by atoms with Crippen molar-refractivity contribution >= 4 is 25.0 Å². The van der Waals surface area contributed by atoms with E-state index in [1.165, 1.54) is 0 Å². The lowest BCUT2D eigenvalue weighted by atomic mass is 9.99. The zero-order valence-corrected chi connectivity index (χ0v) is 30.1. The zero-order chi connectivity index (χ0) is 29.5. The van der Waals surface area contributed by atoms with Crippen LogP contribution >= 0.6 is 0 Å². The van der Waals surface area contributed by atoms with E-state index in [9.17, 15) is 5.11 Å². The molecule has 1 heterocycles. The van der Waals surface area contributed by atoms with Gasteiger partial charge in [-0.15, -0.1) is 0 Å². The molecule has 1 aliphatic rings. The summed E-state index contributed by atoms with van der Waals surface area (Å²) in [5, 5.41) is 11.8. The average Bonchev–Trinajstić information content (AvgIpc) is 3.06. The van der Waals surface area contributed by atoms with Crippen molar-refractivity contribution in [3.63, 3.8) is 0 Å². The first-order chi connectivity index (χ1) is 16.9. The van der Waals surface area contributed by atoms with Crippen molar-refractivity contribution in [2.75, 3.05) is 6.61 Å². The van der Waals surface area contributed by atoms with Crippen molar-refractivity contribution in [1.29, 1.82) is 0 Å². The van der Waals surface area contributed by atoms with Crippen LogP contribution in [0.2, 0.25) is 54.4 Å². The van der Waals surface area contributed by atoms with Gasteiger partial charge in [-0.3, -0.25) is 0 Å². The van der Waals surface area contributed by atoms with Crippen LogP contribution in [0, 0.1) is 0 Å². The SMILES string of the molecule is CC(C)(C)[Si](C)(C)OC[C@H]1O[C@@H]([C@H](O)c2ccccc2)[C@H](O[Si](C)(C)C(C)(C)C)[C@@H]1O[Si](C)(C)C(C)(C)C. The number of rotatable bonds is 9. The third-order valence-corrected chi connectivity index (χ3v) is 23.1. The van der Waals surface area contributed by atoms with E-state index in [-0.39, 0.29) is 27.3 Å². The predicted molar refractivity (Wildman–Crippen MR) is 167 cm³/mol. The molecular weight excluding hydrogens is 525 g/mol. The van der Waals surface area contributed by atoms with E-state index >= 15 is 0 Å². The fraction of sp³-hybridized carbons (Fsp3) is 0.800. The quantitative estimate of drug-likeness (QED) is 0.297. The van der Waals surface area contributed by atoms with Gasteiger partial charge in [0.2, 0.25) is 0 Å². The van der Waals surface area contributed by atoms with E-state index in [1.807, 2.05) is 30.3 Å². The van der Waals surface area contributed by atoms with Gasteiger partial charge in [0.05, 0.1) is 6.61 Å². The molecule has 220 valence electrons. The molecule has 0 aromatic heterocycles. The molecule has 0 bridgehead atoms. The van der Waals surface area contributed by atoms with E-state index < -0.39 is 43.3 Å². The lowest BCUT2D eigenvalue weighted by Crippen LogP contribution is -2.55. The molecule has 1 fully saturated rings. The first kappa shape index (κ1) is 33.9. The van der Waals surface area contributed by atoms with E-state index in [0.717, 1.165) is 5.56 Å². The van der Waals surface area contributed by atoms with Gasteiger partial charge in [0.1, 0.15) is 30.5 Å². The molecule has 0 aliphatic carbocycles. The van der Waals surface area contributed by atoms with Crippen LogP contribution in [0.5, 0.6) is 0 Å². The Morgan fingerprint density at radius 3 is 1.55 bits per heavy atom. The van der Waals surface area contributed by atoms with E-state index in [1.54, 1.807) is 0 Å². The zero-order valence-electron chi connectivity index (χ0n) is 27.1. The van der Waals surface area contributed by atoms with Gasteiger partial charge in [0, 0.05) is 0 Å². The number of aliphatic hydroxyl groups is 1. The number of benzene rings is 1. The fourth-order valence-corrected chi connectivity index (χ4v) is 7.44. The molecule has 0 spiro atoms. The molecule has 0 amide bonds. The smallest absolute Gasteiger partial charge is 0.192 e. The van der Waals surface area contributed by atoms with Gasteiger partial charge in [-0.25, -0.2) is 0 Å². The lowest BCUT2D eigenvalue weighted by molar-refractivity contribution is -0.0727. The van der Waals surface area contributed by atoms with Gasteiger partial charge in [-0.2, -0.15) is 0 Å². The van der Waals surface area contributed by atoms with Gasteiger partial charge in [-0.1, -0.05) is 92.6 Å². The summed E-state index contributed by atoms with van der Waals surface area (Å²) in [7, 11) is -6.46. The highest BCUT2D eigenvalue weighted by molar-refractivity contribution is 6.75. The van der Waals surface area contributed by atoms with Crippen LogP contribution in [0.1, 0.15) is 74.0 Å². The maximum absolute atomic E-state index is 11.7. The molecule has 5 nitrogen and oxygen atoms in total. The van der Waals surface area contributed by atoms with Crippen LogP contribution in [-0.4, -0.2) is 61.1 Å². The lowest BCUT2D eigenvalue weighted by Gasteiger charge is -2.44. The van der Waals surface area contributed by atoms with Crippen LogP contribution in [-0.2, 0) is 18.0 Å². The molecule has 1 N–H and O–H groups in total. The van der Waals surface area contributed by atoms with E-state index in [4.69, 9.17) is 18.0 Å². The monoisotopic (exact) mass is 582 g/mol. The highest BCUT2D eigenvalue weighted by Crippen LogP contribution is 2.46. The Morgan fingerprint density at radius 2 is 1.13 bits per heavy atom. The molecule has 1 aliphatic heterocycles. The molecule has 0 unspecified atom stereocenters. The van der Waals surface area contributed by atoms with Crippen LogP contribution in [0.25, 0.3) is 0 Å². The summed E-state index contributed by atoms with van der Waals surface area (Å²) in [5.74, 6) is 0. The van der Waals surface area contributed by atoms with E-state index in [2.05, 4.69) is 102 Å². The summed E-state index contributed by atoms with van der Waals surface area (Å²) in [6, 6.07) is 9.80. The summed E-state index contributed by atoms with van der Waals surface area (Å²) >= 11 is 0. The van der Waals surface area contributed by atoms with Crippen molar-refractivity contribution < 1.29 is 23.1 Å². The van der Waals surface area contributed by atoms with Gasteiger partial charge >= 0.3 is 0 Å². The molecule has 1 saturated heterocycles. The highest BCUT2D eigenvalue weighted by Gasteiger charge is 2.55. The summed E-state index contributed by atoms with van der Waals surface area (Å²) in [6.45, 7) is 34.4. The molecule has 1 aromatic carbocycles. The highest BCUT2D eigenvalue weighted by atomic mass is 28.4. The Kier molecular flexibility index (Phi) is 10.3. The molecule has 0 saturated carbocycles. The number of ether oxygens (including phenoxy) is 1. The molecular formula is C30H58O5Si3. The Balaban J connectivity index is 2.58. The second-order valence-electron chi connectivity index (χ2n) is 15.8. The summed E-state index contributed by atoms with van der Waals surface area (Å²) in [6.07, 6.45) is -2.41. The molecule has 5 atom stereocenters. The van der Waals surface area contributed by atoms with Crippen molar-refractivity contribution in [2.45, 2.75) is 147 Å². The molecule has 38 heavy (non-hydrogen) atoms. The minimum Gasteiger partial charge on any atom is -0.414 e. The maximum Gasteiger partial charge on any atom is 0.192 e. The summed E-state index contributed by atoms with van der Waals surface area (Å²) < 4.78 is 27.8. The van der Waals surface area contributed by atoms with Crippen LogP contribution in [0.3, 0.4) is 0 Å². The van der Waals surface area contributed by atoms with Crippen molar-refractivity contribution in [3.8, 4) is 0 Å². The number of hydrogen-bond acceptors (Lipinski definition) is 5. The van der Waals surface area contributed by atoms with Gasteiger partial charge in [0.15, 0.2) is 25.0 Å². The Hall–Kier alpha value is -0.329. The fourth-order valence-electron chi connectivity index (χ4n) is 3.80. The van der Waals surface area contributed by atoms with Crippen molar-refractivity contribution in [2.24, 2.45) is 0 Å². The topological polar surface area (TPSA) is 57.2 Å². The number of aliphatic hydroxyl groups excluding tert-OH is 1. The Morgan fingerprint density at radius 1 is 0.711 bits per heavy atom. The van der Waals surface area contributed by atoms with Gasteiger partial charge in [0.25, 0.3) is 0 Å². The third-order valence-electron chi connectivity index (χ3n) is 9.69. The standard InChI is InChI=1S/C30H58O5Si3/c1-28(2,3)36(10,11)32-21-23-25(34-37(12,13)29(4,5)6)27(35-38(14,15)30(7,8)9)26(33-23)24(31)22-19-17-16-18-20-22/h16-20,23-27,31H,21H2,1-15H3/t23-,24-,25-,26+,27-/m1/s1. The van der Waals surface area contributed by atoms with Crippen molar-refractivity contribution in [3.05, 3.63) is 35.9 Å². The summed E-state index contributed by atoms with van der Waals surface area (Å²) in [5.41, 5.74) is 0.832. The Bertz CT molecular complexity index is 897. The van der Waals surface area contributed by atoms with Crippen LogP contribution < -0.4 is 0 Å². The largest absolute Gasteiger partial charge is 0.414 e. The average molecular weight is 583 g/mol. The summed E-state index contributed by atoms with van der Waals surface area (Å²) in [4.78, 5) is 0. The minimum absolute atomic E-state index is 0.00645. The first-order valence-electron chi connectivity index (χ1n) is 14.3. The molecule has 8 heteroatoms. The maximum atomic E-state index is 11.7. The molecule has 2 rings (SSSR count). The second-order valence-corrected chi connectivity index (χ2v) is 30.1. The molecule has 0 radical (unpaired) electrons. The normalized spacial score (nSPS) is 25.1. The Labute approximate surface area is 237 Å². The second kappa shape index (κ2) is 11.5. The minimum atomic E-state index is -2.23. The number of hydrogen-bond donors (Lipinski definition) is 1. The third kappa shape index (κ3) is 7.69. The predicted octanol–water partition coefficient (Wildman–Crippen LogP) is 8.29. The first-order valence-corrected chi connectivity index (χ1v) is 23.0. The van der Waals surface area contributed by atoms with E-state index in [0.29, 0.717) is 6.61 Å². The van der Waals surface area contributed by atoms with Gasteiger partial charge < -0.3 is 23.1 Å². The van der Waals surface area contributed by atoms with Crippen LogP contribution in [0.15, 0.2) is 30.3 Å². The van der Waals surface area contributed by atoms with Gasteiger partial charge in [-0.05, 0) is 60.0 Å². The van der Waals surface area contributed by atoms with Crippen LogP contribution in [0.4, 0.5) is 0 Å². The molecule has 1 aromatic rings.